The molecule has 1 amide bonds. The van der Waals surface area contributed by atoms with Gasteiger partial charge in [0.2, 0.25) is 5.91 Å². The summed E-state index contributed by atoms with van der Waals surface area (Å²) in [7, 11) is 1.47. The first kappa shape index (κ1) is 17.5. The lowest BCUT2D eigenvalue weighted by molar-refractivity contribution is -0.143. The van der Waals surface area contributed by atoms with E-state index in [-0.39, 0.29) is 18.9 Å². The Bertz CT molecular complexity index is 702. The Morgan fingerprint density at radius 2 is 1.92 bits per heavy atom. The van der Waals surface area contributed by atoms with E-state index in [1.807, 2.05) is 13.8 Å². The Morgan fingerprint density at radius 3 is 2.46 bits per heavy atom. The summed E-state index contributed by atoms with van der Waals surface area (Å²) in [5, 5.41) is 12.6. The topological polar surface area (TPSA) is 92.9 Å². The van der Waals surface area contributed by atoms with Crippen LogP contribution in [0.25, 0.3) is 0 Å². The molecule has 1 N–H and O–H groups in total. The van der Waals surface area contributed by atoms with Crippen LogP contribution in [0.3, 0.4) is 0 Å². The van der Waals surface area contributed by atoms with Gasteiger partial charge >= 0.3 is 5.97 Å². The van der Waals surface area contributed by atoms with Crippen molar-refractivity contribution in [1.82, 2.24) is 10.1 Å². The molecule has 0 atom stereocenters. The first-order chi connectivity index (χ1) is 11.4. The van der Waals surface area contributed by atoms with E-state index in [9.17, 15) is 9.59 Å². The van der Waals surface area contributed by atoms with Crippen LogP contribution in [0, 0.1) is 13.8 Å². The molecule has 0 bridgehead atoms. The van der Waals surface area contributed by atoms with Crippen LogP contribution in [0.2, 0.25) is 0 Å². The smallest absolute Gasteiger partial charge is 0.323 e. The number of nitrogens with zero attached hydrogens (tertiary/aromatic N) is 2. The van der Waals surface area contributed by atoms with E-state index in [1.54, 1.807) is 24.3 Å². The van der Waals surface area contributed by atoms with E-state index in [1.165, 1.54) is 11.9 Å². The van der Waals surface area contributed by atoms with Crippen LogP contribution in [-0.4, -0.2) is 40.6 Å². The zero-order valence-electron chi connectivity index (χ0n) is 13.9. The number of carbonyl (C=O) groups is 2. The maximum atomic E-state index is 11.9. The fourth-order valence-corrected chi connectivity index (χ4v) is 2.17. The van der Waals surface area contributed by atoms with Gasteiger partial charge in [-0.3, -0.25) is 9.59 Å². The predicted octanol–water partition coefficient (Wildman–Crippen LogP) is 1.96. The van der Waals surface area contributed by atoms with E-state index in [4.69, 9.17) is 14.4 Å². The lowest BCUT2D eigenvalue weighted by Crippen LogP contribution is -2.33. The van der Waals surface area contributed by atoms with E-state index in [2.05, 4.69) is 5.16 Å². The van der Waals surface area contributed by atoms with Crippen LogP contribution in [0.15, 0.2) is 28.8 Å². The summed E-state index contributed by atoms with van der Waals surface area (Å²) in [6.45, 7) is 3.75. The molecular weight excluding hydrogens is 312 g/mol. The number of aromatic nitrogens is 1. The summed E-state index contributed by atoms with van der Waals surface area (Å²) < 4.78 is 10.8. The zero-order valence-corrected chi connectivity index (χ0v) is 13.9. The van der Waals surface area contributed by atoms with Gasteiger partial charge in [-0.15, -0.1) is 0 Å². The van der Waals surface area contributed by atoms with Gasteiger partial charge in [0.25, 0.3) is 0 Å². The molecule has 2 aromatic rings. The number of hydrogen-bond acceptors (Lipinski definition) is 5. The third-order valence-corrected chi connectivity index (χ3v) is 3.64. The maximum Gasteiger partial charge on any atom is 0.323 e. The van der Waals surface area contributed by atoms with Crippen LogP contribution < -0.4 is 4.74 Å². The van der Waals surface area contributed by atoms with Crippen LogP contribution in [0.1, 0.15) is 22.6 Å². The third-order valence-electron chi connectivity index (χ3n) is 3.64. The first-order valence-corrected chi connectivity index (χ1v) is 7.46. The molecule has 24 heavy (non-hydrogen) atoms. The Labute approximate surface area is 139 Å². The molecular formula is C17H20N2O5. The number of hydrogen-bond donors (Lipinski definition) is 1. The molecule has 1 aromatic heterocycles. The zero-order chi connectivity index (χ0) is 17.7. The fraction of sp³-hybridized carbons (Fsp3) is 0.353. The second kappa shape index (κ2) is 7.63. The molecule has 0 aliphatic carbocycles. The average Bonchev–Trinajstić information content (AvgIpc) is 2.84. The largest absolute Gasteiger partial charge is 0.489 e. The molecule has 1 aromatic carbocycles. The molecule has 0 aliphatic heterocycles. The Hall–Kier alpha value is -2.83. The molecule has 0 unspecified atom stereocenters. The van der Waals surface area contributed by atoms with Crippen molar-refractivity contribution in [3.63, 3.8) is 0 Å². The number of carboxylic acid groups (broad SMARTS) is 1. The van der Waals surface area contributed by atoms with E-state index >= 15 is 0 Å². The van der Waals surface area contributed by atoms with Gasteiger partial charge in [0, 0.05) is 7.05 Å². The molecule has 1 heterocycles. The van der Waals surface area contributed by atoms with Crippen LogP contribution in [-0.2, 0) is 22.6 Å². The number of carboxylic acids is 1. The molecule has 0 radical (unpaired) electrons. The number of amides is 1. The summed E-state index contributed by atoms with van der Waals surface area (Å²) in [6, 6.07) is 7.13. The highest BCUT2D eigenvalue weighted by Gasteiger charge is 2.13. The van der Waals surface area contributed by atoms with Gasteiger partial charge in [-0.05, 0) is 31.5 Å². The van der Waals surface area contributed by atoms with E-state index < -0.39 is 5.97 Å². The van der Waals surface area contributed by atoms with Crippen molar-refractivity contribution in [2.24, 2.45) is 0 Å². The number of aryl methyl sites for hydroxylation is 2. The number of carbonyl (C=O) groups excluding carboxylic acids is 1. The normalized spacial score (nSPS) is 10.5. The molecule has 2 rings (SSSR count). The fourth-order valence-electron chi connectivity index (χ4n) is 2.17. The highest BCUT2D eigenvalue weighted by Crippen LogP contribution is 2.18. The molecule has 7 heteroatoms. The minimum absolute atomic E-state index is 0.147. The van der Waals surface area contributed by atoms with Crippen LogP contribution in [0.4, 0.5) is 0 Å². The van der Waals surface area contributed by atoms with Crippen molar-refractivity contribution < 1.29 is 24.0 Å². The van der Waals surface area contributed by atoms with Crippen molar-refractivity contribution in [3.05, 3.63) is 46.8 Å². The van der Waals surface area contributed by atoms with Gasteiger partial charge in [-0.2, -0.15) is 0 Å². The number of rotatable bonds is 7. The van der Waals surface area contributed by atoms with Crippen LogP contribution >= 0.6 is 0 Å². The van der Waals surface area contributed by atoms with Gasteiger partial charge in [-0.1, -0.05) is 17.3 Å². The minimum Gasteiger partial charge on any atom is -0.489 e. The van der Waals surface area contributed by atoms with Gasteiger partial charge in [0.1, 0.15) is 24.7 Å². The van der Waals surface area contributed by atoms with Gasteiger partial charge in [0.15, 0.2) is 0 Å². The van der Waals surface area contributed by atoms with Gasteiger partial charge < -0.3 is 19.3 Å². The highest BCUT2D eigenvalue weighted by molar-refractivity contribution is 5.82. The Morgan fingerprint density at radius 1 is 1.25 bits per heavy atom. The van der Waals surface area contributed by atoms with Gasteiger partial charge in [0.05, 0.1) is 17.7 Å². The average molecular weight is 332 g/mol. The second-order valence-electron chi connectivity index (χ2n) is 5.56. The molecule has 0 saturated heterocycles. The summed E-state index contributed by atoms with van der Waals surface area (Å²) >= 11 is 0. The number of likely N-dealkylation sites (N-methyl/N-ethyl adjacent to an activating group) is 1. The van der Waals surface area contributed by atoms with E-state index in [0.29, 0.717) is 12.4 Å². The monoisotopic (exact) mass is 332 g/mol. The van der Waals surface area contributed by atoms with E-state index in [0.717, 1.165) is 22.6 Å². The minimum atomic E-state index is -1.03. The summed E-state index contributed by atoms with van der Waals surface area (Å²) in [5.41, 5.74) is 2.52. The van der Waals surface area contributed by atoms with Crippen molar-refractivity contribution in [3.8, 4) is 5.75 Å². The summed E-state index contributed by atoms with van der Waals surface area (Å²) in [5.74, 6) is 0.122. The lowest BCUT2D eigenvalue weighted by Gasteiger charge is -2.14. The predicted molar refractivity (Wildman–Crippen MR) is 85.7 cm³/mol. The third kappa shape index (κ3) is 4.58. The highest BCUT2D eigenvalue weighted by atomic mass is 16.5. The number of benzene rings is 1. The number of ether oxygens (including phenoxy) is 1. The van der Waals surface area contributed by atoms with Crippen molar-refractivity contribution in [2.45, 2.75) is 26.9 Å². The molecule has 7 nitrogen and oxygen atoms in total. The first-order valence-electron chi connectivity index (χ1n) is 7.46. The molecule has 128 valence electrons. The Kier molecular flexibility index (Phi) is 5.57. The van der Waals surface area contributed by atoms with Crippen molar-refractivity contribution in [2.75, 3.05) is 13.6 Å². The SMILES string of the molecule is Cc1noc(C)c1COc1ccc(CC(=O)N(C)CC(=O)O)cc1. The van der Waals surface area contributed by atoms with Crippen LogP contribution in [0.5, 0.6) is 5.75 Å². The molecule has 0 fully saturated rings. The standard InChI is InChI=1S/C17H20N2O5/c1-11-15(12(2)24-18-11)10-23-14-6-4-13(5-7-14)8-16(20)19(3)9-17(21)22/h4-7H,8-10H2,1-3H3,(H,21,22). The molecule has 0 saturated carbocycles. The lowest BCUT2D eigenvalue weighted by atomic mass is 10.1. The van der Waals surface area contributed by atoms with Crippen molar-refractivity contribution in [1.29, 1.82) is 0 Å². The Balaban J connectivity index is 1.91. The quantitative estimate of drug-likeness (QED) is 0.833. The van der Waals surface area contributed by atoms with Crippen molar-refractivity contribution >= 4 is 11.9 Å². The molecule has 0 aliphatic rings. The molecule has 0 spiro atoms. The summed E-state index contributed by atoms with van der Waals surface area (Å²) in [6.07, 6.45) is 0.147. The summed E-state index contributed by atoms with van der Waals surface area (Å²) in [4.78, 5) is 23.7. The second-order valence-corrected chi connectivity index (χ2v) is 5.56. The number of aliphatic carboxylic acids is 1. The van der Waals surface area contributed by atoms with Gasteiger partial charge in [-0.25, -0.2) is 0 Å². The maximum absolute atomic E-state index is 11.9.